The molecule has 28 heavy (non-hydrogen) atoms. The van der Waals surface area contributed by atoms with Crippen LogP contribution in [0.5, 0.6) is 5.75 Å². The Balaban J connectivity index is 1.41. The second-order valence-corrected chi connectivity index (χ2v) is 7.39. The fourth-order valence-corrected chi connectivity index (χ4v) is 3.52. The van der Waals surface area contributed by atoms with Gasteiger partial charge >= 0.3 is 0 Å². The first-order chi connectivity index (χ1) is 13.6. The smallest absolute Gasteiger partial charge is 0.255 e. The van der Waals surface area contributed by atoms with Gasteiger partial charge in [-0.3, -0.25) is 9.59 Å². The Labute approximate surface area is 171 Å². The van der Waals surface area contributed by atoms with Crippen LogP contribution >= 0.6 is 12.6 Å². The third-order valence-electron chi connectivity index (χ3n) is 4.94. The number of piperazine rings is 1. The van der Waals surface area contributed by atoms with Crippen molar-refractivity contribution in [3.8, 4) is 5.75 Å². The summed E-state index contributed by atoms with van der Waals surface area (Å²) in [5.41, 5.74) is 1.70. The molecule has 1 fully saturated rings. The van der Waals surface area contributed by atoms with Crippen LogP contribution in [0.4, 0.5) is 0 Å². The van der Waals surface area contributed by atoms with Crippen molar-refractivity contribution in [1.29, 1.82) is 0 Å². The molecule has 1 aliphatic heterocycles. The van der Waals surface area contributed by atoms with Gasteiger partial charge in [-0.15, -0.1) is 12.6 Å². The molecule has 5 nitrogen and oxygen atoms in total. The highest BCUT2D eigenvalue weighted by molar-refractivity contribution is 7.80. The van der Waals surface area contributed by atoms with Crippen LogP contribution in [0.3, 0.4) is 0 Å². The fraction of sp³-hybridized carbons (Fsp3) is 0.364. The minimum atomic E-state index is -0.0238. The van der Waals surface area contributed by atoms with Crippen molar-refractivity contribution in [3.05, 3.63) is 59.7 Å². The lowest BCUT2D eigenvalue weighted by Gasteiger charge is -2.35. The van der Waals surface area contributed by atoms with Crippen molar-refractivity contribution in [3.63, 3.8) is 0 Å². The molecule has 0 saturated carbocycles. The zero-order chi connectivity index (χ0) is 19.9. The number of nitrogens with zero attached hydrogens (tertiary/aromatic N) is 2. The van der Waals surface area contributed by atoms with Crippen molar-refractivity contribution in [2.24, 2.45) is 0 Å². The van der Waals surface area contributed by atoms with Gasteiger partial charge in [0.25, 0.3) is 5.91 Å². The summed E-state index contributed by atoms with van der Waals surface area (Å²) in [6, 6.07) is 15.2. The normalized spacial score (nSPS) is 14.1. The largest absolute Gasteiger partial charge is 0.493 e. The molecule has 0 N–H and O–H groups in total. The summed E-state index contributed by atoms with van der Waals surface area (Å²) < 4.78 is 5.75. The van der Waals surface area contributed by atoms with E-state index in [0.717, 1.165) is 11.3 Å². The topological polar surface area (TPSA) is 49.9 Å². The fourth-order valence-electron chi connectivity index (χ4n) is 3.27. The van der Waals surface area contributed by atoms with E-state index in [2.05, 4.69) is 12.6 Å². The van der Waals surface area contributed by atoms with Gasteiger partial charge in [0, 0.05) is 37.5 Å². The van der Waals surface area contributed by atoms with Crippen LogP contribution in [0, 0.1) is 6.92 Å². The summed E-state index contributed by atoms with van der Waals surface area (Å²) in [4.78, 5) is 29.4. The van der Waals surface area contributed by atoms with Gasteiger partial charge in [0.2, 0.25) is 5.91 Å². The van der Waals surface area contributed by atoms with E-state index in [0.29, 0.717) is 56.1 Å². The summed E-state index contributed by atoms with van der Waals surface area (Å²) in [7, 11) is 0. The Hall–Kier alpha value is -2.47. The average molecular weight is 399 g/mol. The van der Waals surface area contributed by atoms with E-state index in [1.165, 1.54) is 0 Å². The lowest BCUT2D eigenvalue weighted by molar-refractivity contribution is -0.132. The molecule has 0 bridgehead atoms. The van der Waals surface area contributed by atoms with E-state index in [1.54, 1.807) is 11.0 Å². The Morgan fingerprint density at radius 1 is 0.964 bits per heavy atom. The zero-order valence-electron chi connectivity index (χ0n) is 16.1. The number of ether oxygens (including phenoxy) is 1. The lowest BCUT2D eigenvalue weighted by Crippen LogP contribution is -2.50. The Morgan fingerprint density at radius 3 is 2.32 bits per heavy atom. The highest BCUT2D eigenvalue weighted by Crippen LogP contribution is 2.18. The maximum Gasteiger partial charge on any atom is 0.255 e. The number of hydrogen-bond donors (Lipinski definition) is 1. The first-order valence-electron chi connectivity index (χ1n) is 9.60. The molecule has 0 radical (unpaired) electrons. The minimum Gasteiger partial charge on any atom is -0.493 e. The number of carbonyl (C=O) groups is 2. The summed E-state index contributed by atoms with van der Waals surface area (Å²) in [6.45, 7) is 4.76. The number of carbonyl (C=O) groups excluding carboxylic acids is 2. The van der Waals surface area contributed by atoms with Crippen LogP contribution in [-0.4, -0.2) is 54.4 Å². The predicted molar refractivity (Wildman–Crippen MR) is 112 cm³/mol. The molecule has 148 valence electrons. The van der Waals surface area contributed by atoms with Crippen molar-refractivity contribution in [2.45, 2.75) is 24.7 Å². The van der Waals surface area contributed by atoms with Gasteiger partial charge < -0.3 is 14.5 Å². The van der Waals surface area contributed by atoms with Crippen LogP contribution in [0.15, 0.2) is 53.4 Å². The van der Waals surface area contributed by atoms with Crippen molar-refractivity contribution < 1.29 is 14.3 Å². The Kier molecular flexibility index (Phi) is 6.98. The summed E-state index contributed by atoms with van der Waals surface area (Å²) in [5.74, 6) is 0.964. The van der Waals surface area contributed by atoms with E-state index in [1.807, 2.05) is 54.3 Å². The van der Waals surface area contributed by atoms with Gasteiger partial charge in [-0.05, 0) is 37.1 Å². The van der Waals surface area contributed by atoms with Gasteiger partial charge in [0.1, 0.15) is 5.75 Å². The zero-order valence-corrected chi connectivity index (χ0v) is 17.0. The molecule has 1 aliphatic rings. The molecular weight excluding hydrogens is 372 g/mol. The molecule has 6 heteroatoms. The maximum absolute atomic E-state index is 12.6. The molecule has 2 amide bonds. The molecule has 0 spiro atoms. The minimum absolute atomic E-state index is 0.0238. The van der Waals surface area contributed by atoms with Gasteiger partial charge in [-0.1, -0.05) is 30.3 Å². The van der Waals surface area contributed by atoms with Gasteiger partial charge in [0.05, 0.1) is 12.2 Å². The first-order valence-corrected chi connectivity index (χ1v) is 10.0. The highest BCUT2D eigenvalue weighted by Gasteiger charge is 2.25. The van der Waals surface area contributed by atoms with E-state index >= 15 is 0 Å². The molecule has 1 heterocycles. The predicted octanol–water partition coefficient (Wildman–Crippen LogP) is 3.43. The van der Waals surface area contributed by atoms with E-state index in [4.69, 9.17) is 4.74 Å². The second-order valence-electron chi connectivity index (χ2n) is 6.91. The number of rotatable bonds is 6. The van der Waals surface area contributed by atoms with Crippen LogP contribution in [0.1, 0.15) is 28.8 Å². The van der Waals surface area contributed by atoms with Crippen LogP contribution in [0.2, 0.25) is 0 Å². The number of para-hydroxylation sites is 1. The van der Waals surface area contributed by atoms with Gasteiger partial charge in [0.15, 0.2) is 0 Å². The number of hydrogen-bond acceptors (Lipinski definition) is 4. The number of thiol groups is 1. The molecule has 2 aromatic rings. The SMILES string of the molecule is Cc1ccccc1OCCCC(=O)N1CCN(C(=O)c2ccccc2S)CC1. The molecule has 0 aliphatic carbocycles. The number of benzene rings is 2. The number of amides is 2. The third-order valence-corrected chi connectivity index (χ3v) is 5.33. The highest BCUT2D eigenvalue weighted by atomic mass is 32.1. The van der Waals surface area contributed by atoms with Crippen LogP contribution < -0.4 is 4.74 Å². The summed E-state index contributed by atoms with van der Waals surface area (Å²) in [6.07, 6.45) is 1.14. The molecule has 1 saturated heterocycles. The number of aryl methyl sites for hydroxylation is 1. The lowest BCUT2D eigenvalue weighted by atomic mass is 10.1. The maximum atomic E-state index is 12.6. The standard InChI is InChI=1S/C22H26N2O3S/c1-17-7-2-4-9-19(17)27-16-6-11-21(25)23-12-14-24(15-13-23)22(26)18-8-3-5-10-20(18)28/h2-5,7-10,28H,6,11-16H2,1H3. The monoisotopic (exact) mass is 398 g/mol. The molecule has 0 atom stereocenters. The average Bonchev–Trinajstić information content (AvgIpc) is 2.72. The van der Waals surface area contributed by atoms with Crippen molar-refractivity contribution >= 4 is 24.4 Å². The third kappa shape index (κ3) is 5.07. The second kappa shape index (κ2) is 9.64. The van der Waals surface area contributed by atoms with E-state index in [-0.39, 0.29) is 11.8 Å². The van der Waals surface area contributed by atoms with Gasteiger partial charge in [-0.2, -0.15) is 0 Å². The summed E-state index contributed by atoms with van der Waals surface area (Å²) in [5, 5.41) is 0. The molecule has 2 aromatic carbocycles. The molecule has 0 aromatic heterocycles. The van der Waals surface area contributed by atoms with Crippen LogP contribution in [-0.2, 0) is 4.79 Å². The first kappa shape index (κ1) is 20.3. The Bertz CT molecular complexity index is 832. The molecular formula is C22H26N2O3S. The molecule has 3 rings (SSSR count). The quantitative estimate of drug-likeness (QED) is 0.599. The van der Waals surface area contributed by atoms with Gasteiger partial charge in [-0.25, -0.2) is 0 Å². The van der Waals surface area contributed by atoms with Crippen LogP contribution in [0.25, 0.3) is 0 Å². The Morgan fingerprint density at radius 2 is 1.61 bits per heavy atom. The summed E-state index contributed by atoms with van der Waals surface area (Å²) >= 11 is 4.36. The van der Waals surface area contributed by atoms with E-state index < -0.39 is 0 Å². The molecule has 0 unspecified atom stereocenters. The van der Waals surface area contributed by atoms with E-state index in [9.17, 15) is 9.59 Å². The van der Waals surface area contributed by atoms with Crippen molar-refractivity contribution in [2.75, 3.05) is 32.8 Å². The van der Waals surface area contributed by atoms with Crippen molar-refractivity contribution in [1.82, 2.24) is 9.80 Å².